The van der Waals surface area contributed by atoms with Crippen molar-refractivity contribution in [3.63, 3.8) is 0 Å². The number of nitriles is 1. The van der Waals surface area contributed by atoms with Crippen molar-refractivity contribution in [2.45, 2.75) is 37.8 Å². The molecule has 1 unspecified atom stereocenters. The fraction of sp³-hybridized carbons (Fsp3) is 0.407. The molecule has 36 heavy (non-hydrogen) atoms. The van der Waals surface area contributed by atoms with Crippen LogP contribution < -0.4 is 15.0 Å². The summed E-state index contributed by atoms with van der Waals surface area (Å²) >= 11 is 0. The average molecular weight is 483 g/mol. The highest BCUT2D eigenvalue weighted by Crippen LogP contribution is 2.50. The molecule has 0 radical (unpaired) electrons. The molecule has 6 rings (SSSR count). The average Bonchev–Trinajstić information content (AvgIpc) is 3.40. The number of hydrogen-bond donors (Lipinski definition) is 1. The van der Waals surface area contributed by atoms with Crippen molar-refractivity contribution < 1.29 is 14.3 Å². The van der Waals surface area contributed by atoms with E-state index in [1.165, 1.54) is 0 Å². The molecule has 1 aliphatic heterocycles. The van der Waals surface area contributed by atoms with Crippen LogP contribution >= 0.6 is 0 Å². The van der Waals surface area contributed by atoms with E-state index in [2.05, 4.69) is 31.5 Å². The number of amides is 1. The minimum Gasteiger partial charge on any atom is -0.490 e. The van der Waals surface area contributed by atoms with Gasteiger partial charge in [-0.1, -0.05) is 0 Å². The number of aromatic nitrogens is 3. The highest BCUT2D eigenvalue weighted by molar-refractivity contribution is 5.92. The molecule has 3 aliphatic rings. The SMILES string of the molecule is N#Cc1ccc(OC2CCC(NC(=O)c3ccc(N4C[C@@H]5C(C=O)[C@@H]5C4)nn3)CC2)c2cccnc12. The van der Waals surface area contributed by atoms with Gasteiger partial charge in [-0.25, -0.2) is 0 Å². The molecule has 182 valence electrons. The molecular formula is C27H26N6O3. The number of ether oxygens (including phenoxy) is 1. The third-order valence-electron chi connectivity index (χ3n) is 7.78. The zero-order valence-electron chi connectivity index (χ0n) is 19.7. The van der Waals surface area contributed by atoms with Crippen LogP contribution in [0.2, 0.25) is 0 Å². The first kappa shape index (κ1) is 22.4. The van der Waals surface area contributed by atoms with E-state index in [1.54, 1.807) is 18.3 Å². The van der Waals surface area contributed by atoms with Crippen LogP contribution in [0.3, 0.4) is 0 Å². The molecular weight excluding hydrogens is 456 g/mol. The van der Waals surface area contributed by atoms with E-state index in [9.17, 15) is 14.9 Å². The van der Waals surface area contributed by atoms with Gasteiger partial charge in [0.1, 0.15) is 18.1 Å². The molecule has 2 saturated carbocycles. The first-order valence-corrected chi connectivity index (χ1v) is 12.4. The summed E-state index contributed by atoms with van der Waals surface area (Å²) in [6.45, 7) is 1.66. The molecule has 3 atom stereocenters. The van der Waals surface area contributed by atoms with E-state index in [0.29, 0.717) is 28.6 Å². The standard InChI is InChI=1S/C27H26N6O3/c28-12-16-3-9-24(19-2-1-11-29-26(16)19)36-18-6-4-17(5-7-18)30-27(35)23-8-10-25(32-31-23)33-13-20-21(14-33)22(20)15-34/h1-3,8-11,15,17-18,20-22H,4-7,13-14H2,(H,30,35)/t17?,18?,20-,21+,22?. The summed E-state index contributed by atoms with van der Waals surface area (Å²) in [5.41, 5.74) is 1.49. The molecule has 1 amide bonds. The van der Waals surface area contributed by atoms with Gasteiger partial charge in [-0.2, -0.15) is 5.26 Å². The first-order chi connectivity index (χ1) is 17.6. The molecule has 1 N–H and O–H groups in total. The van der Waals surface area contributed by atoms with Gasteiger partial charge in [-0.05, 0) is 73.9 Å². The van der Waals surface area contributed by atoms with E-state index in [4.69, 9.17) is 4.74 Å². The Kier molecular flexibility index (Phi) is 5.72. The lowest BCUT2D eigenvalue weighted by molar-refractivity contribution is -0.109. The molecule has 2 aromatic heterocycles. The Morgan fingerprint density at radius 3 is 2.58 bits per heavy atom. The first-order valence-electron chi connectivity index (χ1n) is 12.4. The summed E-state index contributed by atoms with van der Waals surface area (Å²) in [6.07, 6.45) is 6.03. The topological polar surface area (TPSA) is 121 Å². The number of fused-ring (bicyclic) bond motifs is 2. The smallest absolute Gasteiger partial charge is 0.272 e. The van der Waals surface area contributed by atoms with Gasteiger partial charge < -0.3 is 19.7 Å². The van der Waals surface area contributed by atoms with Crippen molar-refractivity contribution in [2.75, 3.05) is 18.0 Å². The van der Waals surface area contributed by atoms with Gasteiger partial charge in [-0.15, -0.1) is 10.2 Å². The molecule has 9 heteroatoms. The molecule has 1 aromatic carbocycles. The molecule has 3 fully saturated rings. The van der Waals surface area contributed by atoms with Crippen LogP contribution in [0.4, 0.5) is 5.82 Å². The van der Waals surface area contributed by atoms with Crippen molar-refractivity contribution in [3.8, 4) is 11.8 Å². The second-order valence-electron chi connectivity index (χ2n) is 9.91. The lowest BCUT2D eigenvalue weighted by atomic mass is 9.92. The number of nitrogens with one attached hydrogen (secondary N) is 1. The maximum absolute atomic E-state index is 12.7. The Morgan fingerprint density at radius 2 is 1.89 bits per heavy atom. The Morgan fingerprint density at radius 1 is 1.08 bits per heavy atom. The highest BCUT2D eigenvalue weighted by atomic mass is 16.5. The van der Waals surface area contributed by atoms with Crippen molar-refractivity contribution in [1.29, 1.82) is 5.26 Å². The Bertz CT molecular complexity index is 1330. The molecule has 3 aromatic rings. The van der Waals surface area contributed by atoms with Crippen LogP contribution in [-0.4, -0.2) is 52.6 Å². The third-order valence-corrected chi connectivity index (χ3v) is 7.78. The predicted molar refractivity (Wildman–Crippen MR) is 131 cm³/mol. The molecule has 3 heterocycles. The normalized spacial score (nSPS) is 26.6. The van der Waals surface area contributed by atoms with Crippen LogP contribution in [0.5, 0.6) is 5.75 Å². The van der Waals surface area contributed by atoms with E-state index in [0.717, 1.165) is 62.0 Å². The van der Waals surface area contributed by atoms with Gasteiger partial charge in [0.25, 0.3) is 5.91 Å². The largest absolute Gasteiger partial charge is 0.490 e. The van der Waals surface area contributed by atoms with Crippen LogP contribution in [-0.2, 0) is 4.79 Å². The summed E-state index contributed by atoms with van der Waals surface area (Å²) in [4.78, 5) is 30.2. The number of piperidine rings is 1. The van der Waals surface area contributed by atoms with E-state index >= 15 is 0 Å². The van der Waals surface area contributed by atoms with Crippen LogP contribution in [0.15, 0.2) is 42.6 Å². The van der Waals surface area contributed by atoms with E-state index in [1.807, 2.05) is 24.3 Å². The predicted octanol–water partition coefficient (Wildman–Crippen LogP) is 2.90. The van der Waals surface area contributed by atoms with Crippen molar-refractivity contribution in [1.82, 2.24) is 20.5 Å². The van der Waals surface area contributed by atoms with Gasteiger partial charge in [0, 0.05) is 36.6 Å². The van der Waals surface area contributed by atoms with Crippen molar-refractivity contribution in [3.05, 3.63) is 53.9 Å². The maximum atomic E-state index is 12.7. The van der Waals surface area contributed by atoms with Gasteiger partial charge in [0.15, 0.2) is 11.5 Å². The summed E-state index contributed by atoms with van der Waals surface area (Å²) in [6, 6.07) is 13.1. The van der Waals surface area contributed by atoms with Gasteiger partial charge in [0.2, 0.25) is 0 Å². The monoisotopic (exact) mass is 482 g/mol. The molecule has 0 bridgehead atoms. The quantitative estimate of drug-likeness (QED) is 0.533. The van der Waals surface area contributed by atoms with Gasteiger partial charge >= 0.3 is 0 Å². The van der Waals surface area contributed by atoms with Crippen molar-refractivity contribution >= 4 is 28.9 Å². The maximum Gasteiger partial charge on any atom is 0.272 e. The molecule has 9 nitrogen and oxygen atoms in total. The Hall–Kier alpha value is -4.06. The van der Waals surface area contributed by atoms with E-state index in [-0.39, 0.29) is 24.0 Å². The number of nitrogens with zero attached hydrogens (tertiary/aromatic N) is 5. The minimum atomic E-state index is -0.215. The van der Waals surface area contributed by atoms with Crippen molar-refractivity contribution in [2.24, 2.45) is 17.8 Å². The number of carbonyl (C=O) groups excluding carboxylic acids is 2. The zero-order chi connectivity index (χ0) is 24.6. The van der Waals surface area contributed by atoms with Gasteiger partial charge in [0.05, 0.1) is 17.2 Å². The zero-order valence-corrected chi connectivity index (χ0v) is 19.7. The number of hydrogen-bond acceptors (Lipinski definition) is 8. The third kappa shape index (κ3) is 4.13. The fourth-order valence-corrected chi connectivity index (χ4v) is 5.68. The Labute approximate surface area is 208 Å². The Balaban J connectivity index is 1.01. The summed E-state index contributed by atoms with van der Waals surface area (Å²) < 4.78 is 6.28. The lowest BCUT2D eigenvalue weighted by Crippen LogP contribution is -2.40. The number of aldehydes is 1. The van der Waals surface area contributed by atoms with Crippen LogP contribution in [0.25, 0.3) is 10.9 Å². The fourth-order valence-electron chi connectivity index (χ4n) is 5.68. The summed E-state index contributed by atoms with van der Waals surface area (Å²) in [7, 11) is 0. The summed E-state index contributed by atoms with van der Waals surface area (Å²) in [5, 5.41) is 21.7. The number of benzene rings is 1. The number of rotatable bonds is 6. The minimum absolute atomic E-state index is 0.0408. The van der Waals surface area contributed by atoms with Crippen LogP contribution in [0, 0.1) is 29.1 Å². The molecule has 0 spiro atoms. The number of anilines is 1. The highest BCUT2D eigenvalue weighted by Gasteiger charge is 2.55. The summed E-state index contributed by atoms with van der Waals surface area (Å²) in [5.74, 6) is 2.37. The molecule has 2 aliphatic carbocycles. The number of carbonyl (C=O) groups is 2. The van der Waals surface area contributed by atoms with E-state index < -0.39 is 0 Å². The molecule has 1 saturated heterocycles. The van der Waals surface area contributed by atoms with Gasteiger partial charge in [-0.3, -0.25) is 9.78 Å². The lowest BCUT2D eigenvalue weighted by Gasteiger charge is -2.29. The second kappa shape index (κ2) is 9.19. The second-order valence-corrected chi connectivity index (χ2v) is 9.91. The van der Waals surface area contributed by atoms with Crippen LogP contribution in [0.1, 0.15) is 41.7 Å². The number of pyridine rings is 1.